The van der Waals surface area contributed by atoms with Gasteiger partial charge < -0.3 is 0 Å². The van der Waals surface area contributed by atoms with Crippen molar-refractivity contribution in [1.29, 1.82) is 0 Å². The lowest BCUT2D eigenvalue weighted by atomic mass is 10.0. The van der Waals surface area contributed by atoms with Gasteiger partial charge in [0.2, 0.25) is 0 Å². The third-order valence-corrected chi connectivity index (χ3v) is 7.86. The molecule has 4 aromatic rings. The third-order valence-electron chi connectivity index (χ3n) is 6.04. The van der Waals surface area contributed by atoms with Gasteiger partial charge in [-0.05, 0) is 45.5 Å². The molecule has 0 amide bonds. The topological polar surface area (TPSA) is 195 Å². The molecular formula is C28H20N2O10S2. The molecule has 2 N–H and O–H groups in total. The van der Waals surface area contributed by atoms with E-state index in [1.54, 1.807) is 36.4 Å². The van der Waals surface area contributed by atoms with Gasteiger partial charge in [-0.3, -0.25) is 29.3 Å². The summed E-state index contributed by atoms with van der Waals surface area (Å²) in [4.78, 5) is 19.2. The van der Waals surface area contributed by atoms with Crippen molar-refractivity contribution >= 4 is 55.9 Å². The van der Waals surface area contributed by atoms with E-state index in [1.165, 1.54) is 24.3 Å². The van der Waals surface area contributed by atoms with Gasteiger partial charge in [0.1, 0.15) is 9.79 Å². The highest BCUT2D eigenvalue weighted by Crippen LogP contribution is 2.27. The molecule has 0 saturated heterocycles. The Kier molecular flexibility index (Phi) is 8.44. The molecule has 0 spiro atoms. The summed E-state index contributed by atoms with van der Waals surface area (Å²) in [7, 11) is -9.39. The van der Waals surface area contributed by atoms with Crippen molar-refractivity contribution in [3.8, 4) is 11.1 Å². The smallest absolute Gasteiger partial charge is 0.282 e. The number of nitro groups is 2. The number of nitro benzene ring substituents is 2. The van der Waals surface area contributed by atoms with E-state index >= 15 is 0 Å². The van der Waals surface area contributed by atoms with Crippen molar-refractivity contribution in [2.75, 3.05) is 0 Å². The summed E-state index contributed by atoms with van der Waals surface area (Å²) in [5.74, 6) is 0. The van der Waals surface area contributed by atoms with Gasteiger partial charge in [-0.15, -0.1) is 0 Å². The molecule has 0 radical (unpaired) electrons. The minimum Gasteiger partial charge on any atom is -0.282 e. The molecule has 0 saturated carbocycles. The van der Waals surface area contributed by atoms with Crippen molar-refractivity contribution in [2.45, 2.75) is 9.79 Å². The van der Waals surface area contributed by atoms with Crippen molar-refractivity contribution in [3.05, 3.63) is 127 Å². The van der Waals surface area contributed by atoms with E-state index in [4.69, 9.17) is 0 Å². The van der Waals surface area contributed by atoms with Crippen LogP contribution >= 0.6 is 0 Å². The van der Waals surface area contributed by atoms with E-state index in [2.05, 4.69) is 0 Å². The summed E-state index contributed by atoms with van der Waals surface area (Å²) in [5.41, 5.74) is 2.29. The Balaban J connectivity index is 1.52. The normalized spacial score (nSPS) is 12.1. The van der Waals surface area contributed by atoms with Gasteiger partial charge >= 0.3 is 0 Å². The van der Waals surface area contributed by atoms with Crippen molar-refractivity contribution in [1.82, 2.24) is 0 Å². The van der Waals surface area contributed by atoms with E-state index in [0.29, 0.717) is 11.1 Å². The number of hydrogen-bond donors (Lipinski definition) is 2. The third kappa shape index (κ3) is 7.18. The van der Waals surface area contributed by atoms with Crippen LogP contribution < -0.4 is 0 Å². The zero-order valence-electron chi connectivity index (χ0n) is 21.3. The molecule has 12 nitrogen and oxygen atoms in total. The number of hydrogen-bond acceptors (Lipinski definition) is 8. The molecule has 0 bridgehead atoms. The highest BCUT2D eigenvalue weighted by atomic mass is 32.2. The van der Waals surface area contributed by atoms with E-state index in [9.17, 15) is 46.2 Å². The van der Waals surface area contributed by atoms with Crippen LogP contribution in [0, 0.1) is 20.2 Å². The van der Waals surface area contributed by atoms with Crippen LogP contribution in [0.3, 0.4) is 0 Å². The Bertz CT molecular complexity index is 1820. The van der Waals surface area contributed by atoms with Crippen LogP contribution in [0.1, 0.15) is 22.3 Å². The molecule has 0 aliphatic carbocycles. The van der Waals surface area contributed by atoms with Crippen LogP contribution in [0.2, 0.25) is 0 Å². The fraction of sp³-hybridized carbons (Fsp3) is 0. The molecular weight excluding hydrogens is 588 g/mol. The molecule has 214 valence electrons. The van der Waals surface area contributed by atoms with Crippen LogP contribution in [0.5, 0.6) is 0 Å². The quantitative estimate of drug-likeness (QED) is 0.0983. The first-order valence-corrected chi connectivity index (χ1v) is 14.7. The molecule has 4 aromatic carbocycles. The highest BCUT2D eigenvalue weighted by molar-refractivity contribution is 7.86. The van der Waals surface area contributed by atoms with E-state index in [1.807, 2.05) is 24.3 Å². The summed E-state index contributed by atoms with van der Waals surface area (Å²) in [6, 6.07) is 20.6. The molecule has 0 aliphatic heterocycles. The predicted molar refractivity (Wildman–Crippen MR) is 156 cm³/mol. The standard InChI is InChI=1S/C28H20N2O10S2/c31-29(32)25-15-13-23(27(17-25)41(35,36)37)11-5-19-1-7-21(8-2-19)22-9-3-20(4-10-22)6-12-24-14-16-26(30(33)34)18-28(24)42(38,39)40/h1-18H,(H,35,36,37)(H,38,39,40)/b11-5+,12-6+. The molecule has 4 rings (SSSR count). The largest absolute Gasteiger partial charge is 0.295 e. The van der Waals surface area contributed by atoms with Crippen molar-refractivity contribution < 1.29 is 35.8 Å². The summed E-state index contributed by atoms with van der Waals surface area (Å²) < 4.78 is 65.8. The Morgan fingerprint density at radius 3 is 1.14 bits per heavy atom. The molecule has 0 unspecified atom stereocenters. The lowest BCUT2D eigenvalue weighted by Crippen LogP contribution is -2.02. The zero-order valence-corrected chi connectivity index (χ0v) is 22.9. The first-order chi connectivity index (χ1) is 19.7. The van der Waals surface area contributed by atoms with Gasteiger partial charge in [0.05, 0.1) is 9.85 Å². The number of benzene rings is 4. The van der Waals surface area contributed by atoms with Gasteiger partial charge in [-0.1, -0.05) is 72.8 Å². The highest BCUT2D eigenvalue weighted by Gasteiger charge is 2.20. The summed E-state index contributed by atoms with van der Waals surface area (Å²) in [5, 5.41) is 21.9. The Hall–Kier alpha value is -5.02. The zero-order chi connectivity index (χ0) is 30.7. The first kappa shape index (κ1) is 30.0. The monoisotopic (exact) mass is 608 g/mol. The van der Waals surface area contributed by atoms with Crippen LogP contribution in [0.15, 0.2) is 94.7 Å². The molecule has 0 aromatic heterocycles. The van der Waals surface area contributed by atoms with Crippen LogP contribution in [-0.2, 0) is 20.2 Å². The second-order valence-corrected chi connectivity index (χ2v) is 11.6. The molecule has 42 heavy (non-hydrogen) atoms. The van der Waals surface area contributed by atoms with Gasteiger partial charge in [0.25, 0.3) is 31.6 Å². The molecule has 0 atom stereocenters. The van der Waals surface area contributed by atoms with Crippen LogP contribution in [0.4, 0.5) is 11.4 Å². The second-order valence-electron chi connectivity index (χ2n) is 8.82. The lowest BCUT2D eigenvalue weighted by Gasteiger charge is -2.05. The molecule has 14 heteroatoms. The summed E-state index contributed by atoms with van der Waals surface area (Å²) in [6.07, 6.45) is 6.02. The summed E-state index contributed by atoms with van der Waals surface area (Å²) in [6.45, 7) is 0. The first-order valence-electron chi connectivity index (χ1n) is 11.8. The average molecular weight is 609 g/mol. The van der Waals surface area contributed by atoms with Gasteiger partial charge in [0, 0.05) is 24.3 Å². The van der Waals surface area contributed by atoms with E-state index in [0.717, 1.165) is 35.4 Å². The second kappa shape index (κ2) is 11.8. The minimum absolute atomic E-state index is 0.0771. The molecule has 0 fully saturated rings. The Morgan fingerprint density at radius 1 is 0.524 bits per heavy atom. The fourth-order valence-corrected chi connectivity index (χ4v) is 5.35. The Morgan fingerprint density at radius 2 is 0.857 bits per heavy atom. The summed E-state index contributed by atoms with van der Waals surface area (Å²) >= 11 is 0. The van der Waals surface area contributed by atoms with Crippen LogP contribution in [-0.4, -0.2) is 35.8 Å². The van der Waals surface area contributed by atoms with Crippen LogP contribution in [0.25, 0.3) is 35.4 Å². The van der Waals surface area contributed by atoms with Crippen molar-refractivity contribution in [3.63, 3.8) is 0 Å². The minimum atomic E-state index is -4.70. The molecule has 0 aliphatic rings. The number of nitrogens with zero attached hydrogens (tertiary/aromatic N) is 2. The predicted octanol–water partition coefficient (Wildman–Crippen LogP) is 6.00. The molecule has 0 heterocycles. The Labute approximate surface area is 239 Å². The van der Waals surface area contributed by atoms with Crippen molar-refractivity contribution in [2.24, 2.45) is 0 Å². The number of rotatable bonds is 9. The van der Waals surface area contributed by atoms with Gasteiger partial charge in [0.15, 0.2) is 0 Å². The maximum atomic E-state index is 11.7. The maximum Gasteiger partial charge on any atom is 0.295 e. The fourth-order valence-electron chi connectivity index (χ4n) is 3.94. The van der Waals surface area contributed by atoms with Gasteiger partial charge in [-0.2, -0.15) is 16.8 Å². The SMILES string of the molecule is O=[N+]([O-])c1ccc(/C=C/c2ccc(-c3ccc(/C=C/c4ccc([N+](=O)[O-])cc4S(=O)(=O)O)cc3)cc2)c(S(=O)(=O)O)c1. The number of non-ortho nitro benzene ring substituents is 2. The lowest BCUT2D eigenvalue weighted by molar-refractivity contribution is -0.385. The van der Waals surface area contributed by atoms with E-state index < -0.39 is 51.2 Å². The van der Waals surface area contributed by atoms with Gasteiger partial charge in [-0.25, -0.2) is 0 Å². The maximum absolute atomic E-state index is 11.7. The van der Waals surface area contributed by atoms with E-state index in [-0.39, 0.29) is 11.1 Å². The average Bonchev–Trinajstić information content (AvgIpc) is 2.94.